The minimum absolute atomic E-state index is 0.176. The van der Waals surface area contributed by atoms with Gasteiger partial charge in [0, 0.05) is 28.9 Å². The average molecular weight is 633 g/mol. The SMILES string of the molecule is C=C(C)C(=O)O.C=C(C)C(=O)OC.C=C(C)C(=O)OCCCC.C=CC(=O)O.C=CC(=O)OCCCC.C=Cc1ccccc1. The lowest BCUT2D eigenvalue weighted by molar-refractivity contribution is -0.139. The van der Waals surface area contributed by atoms with Gasteiger partial charge in [0.1, 0.15) is 0 Å². The summed E-state index contributed by atoms with van der Waals surface area (Å²) < 4.78 is 13.8. The van der Waals surface area contributed by atoms with Gasteiger partial charge in [0.25, 0.3) is 0 Å². The maximum absolute atomic E-state index is 10.7. The Bertz CT molecular complexity index is 1040. The number of carbonyl (C=O) groups excluding carboxylic acids is 3. The molecule has 2 N–H and O–H groups in total. The Labute approximate surface area is 269 Å². The number of carboxylic acids is 2. The van der Waals surface area contributed by atoms with Crippen LogP contribution in [-0.2, 0) is 38.2 Å². The third-order valence-electron chi connectivity index (χ3n) is 4.10. The van der Waals surface area contributed by atoms with Crippen LogP contribution < -0.4 is 0 Å². The molecule has 0 aromatic heterocycles. The predicted octanol–water partition coefficient (Wildman–Crippen LogP) is 7.39. The standard InChI is InChI=1S/C8H14O2.C8H8.C7H12O2.C5H8O2.C4H6O2.C3H4O2/c1-4-5-6-10-8(9)7(2)3;1-2-8-6-4-3-5-7-8;1-3-5-6-9-7(8)4-2;1-4(2)5(6)7-3;1-3(2)4(5)6;1-2-3(4)5/h2,4-6H2,1,3H3;2-7H,1H2;4H,2-3,5-6H2,1H3;1H2,2-3H3;1H2,2H3,(H,5,6);2H,1H2,(H,4,5). The molecule has 10 heteroatoms. The van der Waals surface area contributed by atoms with Gasteiger partial charge in [-0.15, -0.1) is 0 Å². The highest BCUT2D eigenvalue weighted by molar-refractivity contribution is 5.87. The molecule has 0 aliphatic carbocycles. The lowest BCUT2D eigenvalue weighted by atomic mass is 10.2. The van der Waals surface area contributed by atoms with E-state index in [4.69, 9.17) is 14.9 Å². The fraction of sp³-hybridized carbons (Fsp3) is 0.343. The molecule has 10 nitrogen and oxygen atoms in total. The molecule has 0 saturated carbocycles. The molecule has 0 saturated heterocycles. The number of aliphatic carboxylic acids is 2. The van der Waals surface area contributed by atoms with Gasteiger partial charge in [0.05, 0.1) is 20.3 Å². The number of benzene rings is 1. The quantitative estimate of drug-likeness (QED) is 0.103. The van der Waals surface area contributed by atoms with Crippen molar-refractivity contribution >= 4 is 35.9 Å². The molecular formula is C35H52O10. The number of esters is 3. The zero-order chi connectivity index (χ0) is 36.2. The van der Waals surface area contributed by atoms with Crippen LogP contribution >= 0.6 is 0 Å². The minimum atomic E-state index is -0.981. The van der Waals surface area contributed by atoms with Crippen molar-refractivity contribution in [3.8, 4) is 0 Å². The molecule has 0 amide bonds. The summed E-state index contributed by atoms with van der Waals surface area (Å²) in [6.45, 7) is 29.6. The molecule has 45 heavy (non-hydrogen) atoms. The van der Waals surface area contributed by atoms with Crippen LogP contribution in [0.3, 0.4) is 0 Å². The summed E-state index contributed by atoms with van der Waals surface area (Å²) >= 11 is 0. The summed E-state index contributed by atoms with van der Waals surface area (Å²) in [7, 11) is 1.33. The smallest absolute Gasteiger partial charge is 0.333 e. The predicted molar refractivity (Wildman–Crippen MR) is 180 cm³/mol. The first-order valence-corrected chi connectivity index (χ1v) is 13.8. The molecule has 0 bridgehead atoms. The molecule has 0 aliphatic rings. The van der Waals surface area contributed by atoms with Gasteiger partial charge < -0.3 is 24.4 Å². The van der Waals surface area contributed by atoms with Gasteiger partial charge in [-0.2, -0.15) is 0 Å². The third kappa shape index (κ3) is 49.0. The van der Waals surface area contributed by atoms with Crippen LogP contribution in [0.15, 0.2) is 98.7 Å². The maximum Gasteiger partial charge on any atom is 0.333 e. The third-order valence-corrected chi connectivity index (χ3v) is 4.10. The van der Waals surface area contributed by atoms with Gasteiger partial charge in [-0.25, -0.2) is 24.0 Å². The van der Waals surface area contributed by atoms with Crippen LogP contribution in [0.2, 0.25) is 0 Å². The van der Waals surface area contributed by atoms with Crippen molar-refractivity contribution in [2.45, 2.75) is 60.3 Å². The van der Waals surface area contributed by atoms with E-state index in [-0.39, 0.29) is 23.5 Å². The largest absolute Gasteiger partial charge is 0.478 e. The highest BCUT2D eigenvalue weighted by Crippen LogP contribution is 1.97. The van der Waals surface area contributed by atoms with Gasteiger partial charge in [0.15, 0.2) is 0 Å². The summed E-state index contributed by atoms with van der Waals surface area (Å²) in [6.07, 6.45) is 7.79. The highest BCUT2D eigenvalue weighted by atomic mass is 16.5. The number of rotatable bonds is 12. The van der Waals surface area contributed by atoms with Crippen LogP contribution in [-0.4, -0.2) is 60.4 Å². The van der Waals surface area contributed by atoms with Crippen molar-refractivity contribution in [3.63, 3.8) is 0 Å². The van der Waals surface area contributed by atoms with Crippen LogP contribution in [0.1, 0.15) is 65.9 Å². The number of unbranched alkanes of at least 4 members (excludes halogenated alkanes) is 2. The Morgan fingerprint density at radius 3 is 1.33 bits per heavy atom. The molecule has 0 aliphatic heterocycles. The minimum Gasteiger partial charge on any atom is -0.478 e. The topological polar surface area (TPSA) is 154 Å². The van der Waals surface area contributed by atoms with Crippen molar-refractivity contribution in [1.82, 2.24) is 0 Å². The first-order valence-electron chi connectivity index (χ1n) is 13.8. The summed E-state index contributed by atoms with van der Waals surface area (Å²) in [5, 5.41) is 15.5. The van der Waals surface area contributed by atoms with E-state index < -0.39 is 11.9 Å². The molecule has 1 aromatic rings. The second-order valence-corrected chi connectivity index (χ2v) is 8.51. The van der Waals surface area contributed by atoms with Gasteiger partial charge >= 0.3 is 29.8 Å². The van der Waals surface area contributed by atoms with Crippen molar-refractivity contribution in [3.05, 3.63) is 104 Å². The van der Waals surface area contributed by atoms with Crippen LogP contribution in [0, 0.1) is 0 Å². The summed E-state index contributed by atoms with van der Waals surface area (Å²) in [6, 6.07) is 10.0. The molecular weight excluding hydrogens is 580 g/mol. The number of carbonyl (C=O) groups is 5. The van der Waals surface area contributed by atoms with Crippen molar-refractivity contribution in [2.75, 3.05) is 20.3 Å². The van der Waals surface area contributed by atoms with Crippen LogP contribution in [0.25, 0.3) is 6.08 Å². The van der Waals surface area contributed by atoms with E-state index in [1.807, 2.05) is 43.3 Å². The molecule has 0 heterocycles. The lowest BCUT2D eigenvalue weighted by Gasteiger charge is -2.01. The number of ether oxygens (including phenoxy) is 3. The second-order valence-electron chi connectivity index (χ2n) is 8.51. The Hall–Kier alpha value is -4.99. The fourth-order valence-corrected chi connectivity index (χ4v) is 1.57. The van der Waals surface area contributed by atoms with Gasteiger partial charge in [0.2, 0.25) is 0 Å². The Morgan fingerprint density at radius 2 is 1.11 bits per heavy atom. The first-order chi connectivity index (χ1) is 21.0. The fourth-order valence-electron chi connectivity index (χ4n) is 1.57. The summed E-state index contributed by atoms with van der Waals surface area (Å²) in [5.74, 6) is -2.88. The summed E-state index contributed by atoms with van der Waals surface area (Å²) in [5.41, 5.74) is 2.25. The molecule has 0 fully saturated rings. The molecule has 0 spiro atoms. The van der Waals surface area contributed by atoms with E-state index >= 15 is 0 Å². The van der Waals surface area contributed by atoms with E-state index in [1.54, 1.807) is 13.8 Å². The monoisotopic (exact) mass is 632 g/mol. The molecule has 252 valence electrons. The zero-order valence-corrected chi connectivity index (χ0v) is 27.8. The van der Waals surface area contributed by atoms with Crippen LogP contribution in [0.4, 0.5) is 0 Å². The van der Waals surface area contributed by atoms with E-state index in [1.165, 1.54) is 25.7 Å². The maximum atomic E-state index is 10.7. The molecule has 0 radical (unpaired) electrons. The van der Waals surface area contributed by atoms with E-state index in [2.05, 4.69) is 55.9 Å². The highest BCUT2D eigenvalue weighted by Gasteiger charge is 2.00. The van der Waals surface area contributed by atoms with Crippen LogP contribution in [0.5, 0.6) is 0 Å². The van der Waals surface area contributed by atoms with Gasteiger partial charge in [-0.05, 0) is 39.2 Å². The molecule has 1 aromatic carbocycles. The lowest BCUT2D eigenvalue weighted by Crippen LogP contribution is -2.05. The Morgan fingerprint density at radius 1 is 0.711 bits per heavy atom. The number of hydrogen-bond acceptors (Lipinski definition) is 8. The van der Waals surface area contributed by atoms with E-state index in [0.29, 0.717) is 24.4 Å². The van der Waals surface area contributed by atoms with Gasteiger partial charge in [-0.3, -0.25) is 0 Å². The summed E-state index contributed by atoms with van der Waals surface area (Å²) in [4.78, 5) is 50.1. The second kappa shape index (κ2) is 37.0. The molecule has 1 rings (SSSR count). The Kier molecular flexibility index (Phi) is 40.9. The number of hydrogen-bond donors (Lipinski definition) is 2. The molecule has 0 unspecified atom stereocenters. The zero-order valence-electron chi connectivity index (χ0n) is 27.8. The van der Waals surface area contributed by atoms with Crippen molar-refractivity contribution < 1.29 is 48.4 Å². The normalized spacial score (nSPS) is 8.13. The van der Waals surface area contributed by atoms with E-state index in [0.717, 1.165) is 31.8 Å². The Balaban J connectivity index is -0.000000144. The average Bonchev–Trinajstić information content (AvgIpc) is 3.02. The number of carboxylic acid groups (broad SMARTS) is 2. The number of methoxy groups -OCH3 is 1. The van der Waals surface area contributed by atoms with Gasteiger partial charge in [-0.1, -0.05) is 103 Å². The molecule has 0 atom stereocenters. The first kappa shape index (κ1) is 49.7. The van der Waals surface area contributed by atoms with E-state index in [9.17, 15) is 24.0 Å². The van der Waals surface area contributed by atoms with Crippen molar-refractivity contribution in [1.29, 1.82) is 0 Å². The van der Waals surface area contributed by atoms with Crippen molar-refractivity contribution in [2.24, 2.45) is 0 Å².